The standard InChI is InChI=1S/C18H14ClN3O2S/c1-22(20-10-12-6-2-3-7-13(12)17(23)24)18-21-16(11-25-18)14-8-4-5-9-15(14)19/h2-11H,1H3,(H,23,24)/b20-10+. The Bertz CT molecular complexity index is 939. The molecule has 0 aliphatic heterocycles. The van der Waals surface area contributed by atoms with Crippen molar-refractivity contribution >= 4 is 40.3 Å². The summed E-state index contributed by atoms with van der Waals surface area (Å²) in [5.74, 6) is -0.986. The second kappa shape index (κ2) is 7.46. The van der Waals surface area contributed by atoms with Crippen LogP contribution in [0.4, 0.5) is 5.13 Å². The van der Waals surface area contributed by atoms with Gasteiger partial charge >= 0.3 is 5.97 Å². The van der Waals surface area contributed by atoms with Crippen LogP contribution in [0.5, 0.6) is 0 Å². The minimum Gasteiger partial charge on any atom is -0.478 e. The number of carboxylic acid groups (broad SMARTS) is 1. The summed E-state index contributed by atoms with van der Waals surface area (Å²) in [7, 11) is 1.76. The molecular formula is C18H14ClN3O2S. The number of benzene rings is 2. The van der Waals surface area contributed by atoms with E-state index < -0.39 is 5.97 Å². The summed E-state index contributed by atoms with van der Waals surface area (Å²) in [6.45, 7) is 0. The molecule has 3 rings (SSSR count). The topological polar surface area (TPSA) is 65.8 Å². The molecule has 0 radical (unpaired) electrons. The van der Waals surface area contributed by atoms with Gasteiger partial charge in [-0.25, -0.2) is 14.8 Å². The number of hydrogen-bond acceptors (Lipinski definition) is 5. The van der Waals surface area contributed by atoms with Crippen molar-refractivity contribution in [2.75, 3.05) is 12.1 Å². The van der Waals surface area contributed by atoms with Gasteiger partial charge in [-0.05, 0) is 12.1 Å². The van der Waals surface area contributed by atoms with Gasteiger partial charge in [-0.2, -0.15) is 5.10 Å². The Morgan fingerprint density at radius 3 is 2.72 bits per heavy atom. The molecule has 0 bridgehead atoms. The molecule has 0 spiro atoms. The average molecular weight is 372 g/mol. The van der Waals surface area contributed by atoms with Crippen molar-refractivity contribution in [3.8, 4) is 11.3 Å². The first-order valence-electron chi connectivity index (χ1n) is 7.36. The molecule has 0 saturated heterocycles. The Morgan fingerprint density at radius 2 is 1.96 bits per heavy atom. The number of anilines is 1. The number of aromatic nitrogens is 1. The Hall–Kier alpha value is -2.70. The van der Waals surface area contributed by atoms with E-state index in [1.807, 2.05) is 29.6 Å². The molecule has 25 heavy (non-hydrogen) atoms. The second-order valence-electron chi connectivity index (χ2n) is 5.16. The Kier molecular flexibility index (Phi) is 5.11. The lowest BCUT2D eigenvalue weighted by molar-refractivity contribution is 0.0697. The monoisotopic (exact) mass is 371 g/mol. The Morgan fingerprint density at radius 1 is 1.24 bits per heavy atom. The van der Waals surface area contributed by atoms with Gasteiger partial charge in [-0.3, -0.25) is 0 Å². The highest BCUT2D eigenvalue weighted by Gasteiger charge is 2.11. The summed E-state index contributed by atoms with van der Waals surface area (Å²) in [6, 6.07) is 14.2. The maximum atomic E-state index is 11.2. The number of carboxylic acids is 1. The van der Waals surface area contributed by atoms with Gasteiger partial charge in [0.2, 0.25) is 5.13 Å². The van der Waals surface area contributed by atoms with E-state index in [1.165, 1.54) is 17.6 Å². The molecule has 1 N–H and O–H groups in total. The van der Waals surface area contributed by atoms with E-state index in [4.69, 9.17) is 11.6 Å². The van der Waals surface area contributed by atoms with Crippen LogP contribution in [0.2, 0.25) is 5.02 Å². The number of carbonyl (C=O) groups is 1. The average Bonchev–Trinajstić information content (AvgIpc) is 3.10. The van der Waals surface area contributed by atoms with Crippen molar-refractivity contribution in [2.24, 2.45) is 5.10 Å². The van der Waals surface area contributed by atoms with Crippen LogP contribution in [0.25, 0.3) is 11.3 Å². The van der Waals surface area contributed by atoms with Gasteiger partial charge in [0.05, 0.1) is 17.5 Å². The van der Waals surface area contributed by atoms with Crippen molar-refractivity contribution in [2.45, 2.75) is 0 Å². The predicted molar refractivity (Wildman–Crippen MR) is 102 cm³/mol. The van der Waals surface area contributed by atoms with Gasteiger partial charge in [0.25, 0.3) is 0 Å². The first-order valence-corrected chi connectivity index (χ1v) is 8.62. The lowest BCUT2D eigenvalue weighted by Gasteiger charge is -2.08. The quantitative estimate of drug-likeness (QED) is 0.524. The maximum Gasteiger partial charge on any atom is 0.336 e. The predicted octanol–water partition coefficient (Wildman–Crippen LogP) is 4.63. The van der Waals surface area contributed by atoms with E-state index in [9.17, 15) is 9.90 Å². The molecule has 0 amide bonds. The highest BCUT2D eigenvalue weighted by atomic mass is 35.5. The summed E-state index contributed by atoms with van der Waals surface area (Å²) >= 11 is 7.63. The highest BCUT2D eigenvalue weighted by molar-refractivity contribution is 7.14. The molecule has 0 aliphatic rings. The first-order chi connectivity index (χ1) is 12.1. The third kappa shape index (κ3) is 3.87. The van der Waals surface area contributed by atoms with Gasteiger partial charge in [0.15, 0.2) is 0 Å². The fraction of sp³-hybridized carbons (Fsp3) is 0.0556. The van der Waals surface area contributed by atoms with Gasteiger partial charge in [0, 0.05) is 28.6 Å². The number of nitrogens with zero attached hydrogens (tertiary/aromatic N) is 3. The fourth-order valence-electron chi connectivity index (χ4n) is 2.21. The Balaban J connectivity index is 1.82. The second-order valence-corrected chi connectivity index (χ2v) is 6.40. The van der Waals surface area contributed by atoms with Crippen LogP contribution in [-0.2, 0) is 0 Å². The van der Waals surface area contributed by atoms with Gasteiger partial charge in [-0.1, -0.05) is 48.0 Å². The largest absolute Gasteiger partial charge is 0.478 e. The first kappa shape index (κ1) is 17.1. The number of hydrogen-bond donors (Lipinski definition) is 1. The van der Waals surface area contributed by atoms with Crippen LogP contribution in [0.1, 0.15) is 15.9 Å². The Labute approximate surface area is 153 Å². The zero-order chi connectivity index (χ0) is 17.8. The van der Waals surface area contributed by atoms with Crippen LogP contribution in [0, 0.1) is 0 Å². The molecule has 0 atom stereocenters. The minimum absolute atomic E-state index is 0.204. The van der Waals surface area contributed by atoms with Gasteiger partial charge < -0.3 is 5.11 Å². The van der Waals surface area contributed by atoms with Crippen molar-refractivity contribution in [1.82, 2.24) is 4.98 Å². The smallest absolute Gasteiger partial charge is 0.336 e. The molecule has 2 aromatic carbocycles. The molecule has 5 nitrogen and oxygen atoms in total. The molecule has 3 aromatic rings. The highest BCUT2D eigenvalue weighted by Crippen LogP contribution is 2.31. The number of halogens is 1. The number of thiazole rings is 1. The molecule has 0 fully saturated rings. The van der Waals surface area contributed by atoms with E-state index in [0.29, 0.717) is 15.7 Å². The zero-order valence-electron chi connectivity index (χ0n) is 13.3. The van der Waals surface area contributed by atoms with Gasteiger partial charge in [0.1, 0.15) is 0 Å². The van der Waals surface area contributed by atoms with E-state index in [1.54, 1.807) is 36.3 Å². The van der Waals surface area contributed by atoms with Gasteiger partial charge in [-0.15, -0.1) is 11.3 Å². The molecule has 0 unspecified atom stereocenters. The number of aromatic carboxylic acids is 1. The SMILES string of the molecule is CN(/N=C/c1ccccc1C(=O)O)c1nc(-c2ccccc2Cl)cs1. The summed E-state index contributed by atoms with van der Waals surface area (Å²) in [5, 5.41) is 18.3. The van der Waals surface area contributed by atoms with Crippen LogP contribution >= 0.6 is 22.9 Å². The number of hydrazone groups is 1. The summed E-state index contributed by atoms with van der Waals surface area (Å²) in [5.41, 5.74) is 2.37. The third-order valence-electron chi connectivity index (χ3n) is 3.48. The molecule has 7 heteroatoms. The molecule has 126 valence electrons. The van der Waals surface area contributed by atoms with E-state index in [2.05, 4.69) is 10.1 Å². The number of rotatable bonds is 5. The third-order valence-corrected chi connectivity index (χ3v) is 4.72. The zero-order valence-corrected chi connectivity index (χ0v) is 14.8. The molecule has 0 aliphatic carbocycles. The minimum atomic E-state index is -0.986. The van der Waals surface area contributed by atoms with Crippen LogP contribution < -0.4 is 5.01 Å². The molecule has 1 heterocycles. The molecule has 0 saturated carbocycles. The van der Waals surface area contributed by atoms with Crippen LogP contribution in [0.3, 0.4) is 0 Å². The normalized spacial score (nSPS) is 11.0. The maximum absolute atomic E-state index is 11.2. The van der Waals surface area contributed by atoms with E-state index in [-0.39, 0.29) is 5.56 Å². The summed E-state index contributed by atoms with van der Waals surface area (Å²) < 4.78 is 0. The summed E-state index contributed by atoms with van der Waals surface area (Å²) in [4.78, 5) is 15.8. The van der Waals surface area contributed by atoms with Crippen LogP contribution in [-0.4, -0.2) is 29.3 Å². The van der Waals surface area contributed by atoms with Crippen molar-refractivity contribution < 1.29 is 9.90 Å². The molecular weight excluding hydrogens is 358 g/mol. The lowest BCUT2D eigenvalue weighted by Crippen LogP contribution is -2.09. The van der Waals surface area contributed by atoms with E-state index in [0.717, 1.165) is 11.3 Å². The summed E-state index contributed by atoms with van der Waals surface area (Å²) in [6.07, 6.45) is 1.51. The van der Waals surface area contributed by atoms with Crippen molar-refractivity contribution in [3.63, 3.8) is 0 Å². The van der Waals surface area contributed by atoms with Crippen LogP contribution in [0.15, 0.2) is 59.0 Å². The van der Waals surface area contributed by atoms with Crippen molar-refractivity contribution in [1.29, 1.82) is 0 Å². The lowest BCUT2D eigenvalue weighted by atomic mass is 10.1. The van der Waals surface area contributed by atoms with Crippen molar-refractivity contribution in [3.05, 3.63) is 70.1 Å². The van der Waals surface area contributed by atoms with E-state index >= 15 is 0 Å². The fourth-order valence-corrected chi connectivity index (χ4v) is 3.19. The molecule has 1 aromatic heterocycles.